The largest absolute Gasteiger partial charge is 0.497 e. The number of carbonyl (C=O) groups excluding carboxylic acids is 2. The van der Waals surface area contributed by atoms with Gasteiger partial charge in [-0.05, 0) is 61.8 Å². The smallest absolute Gasteiger partial charge is 0.302 e. The Balaban J connectivity index is 1.63. The van der Waals surface area contributed by atoms with Gasteiger partial charge in [-0.3, -0.25) is 9.59 Å². The van der Waals surface area contributed by atoms with E-state index in [-0.39, 0.29) is 41.8 Å². The predicted octanol–water partition coefficient (Wildman–Crippen LogP) is 4.64. The van der Waals surface area contributed by atoms with Gasteiger partial charge in [0.25, 0.3) is 0 Å². The fourth-order valence-corrected chi connectivity index (χ4v) is 6.17. The molecule has 4 rings (SSSR count). The minimum absolute atomic E-state index is 0.0952. The van der Waals surface area contributed by atoms with Gasteiger partial charge in [-0.25, -0.2) is 0 Å². The van der Waals surface area contributed by atoms with E-state index in [1.807, 2.05) is 12.1 Å². The quantitative estimate of drug-likeness (QED) is 0.564. The van der Waals surface area contributed by atoms with Crippen LogP contribution in [0, 0.1) is 5.92 Å². The summed E-state index contributed by atoms with van der Waals surface area (Å²) in [6.07, 6.45) is 2.15. The van der Waals surface area contributed by atoms with Crippen molar-refractivity contribution >= 4 is 35.1 Å². The van der Waals surface area contributed by atoms with E-state index in [0.717, 1.165) is 42.8 Å². The van der Waals surface area contributed by atoms with Gasteiger partial charge in [0.05, 0.1) is 23.6 Å². The van der Waals surface area contributed by atoms with Gasteiger partial charge in [0.15, 0.2) is 0 Å². The molecule has 8 heteroatoms. The number of rotatable bonds is 6. The molecule has 0 radical (unpaired) electrons. The molecule has 188 valence electrons. The molecule has 2 aliphatic rings. The number of benzene rings is 2. The van der Waals surface area contributed by atoms with Gasteiger partial charge in [-0.15, -0.1) is 0 Å². The van der Waals surface area contributed by atoms with Crippen molar-refractivity contribution in [2.75, 3.05) is 27.2 Å². The second-order valence-corrected chi connectivity index (χ2v) is 10.6. The summed E-state index contributed by atoms with van der Waals surface area (Å²) in [5, 5.41) is 4.11. The second-order valence-electron chi connectivity index (χ2n) is 9.78. The molecule has 1 amide bonds. The Morgan fingerprint density at radius 1 is 1.17 bits per heavy atom. The van der Waals surface area contributed by atoms with Crippen molar-refractivity contribution in [2.45, 2.75) is 50.2 Å². The molecule has 0 bridgehead atoms. The third-order valence-electron chi connectivity index (χ3n) is 7.41. The Hall–Kier alpha value is -2.28. The van der Waals surface area contributed by atoms with Gasteiger partial charge in [0, 0.05) is 37.3 Å². The lowest BCUT2D eigenvalue weighted by Crippen LogP contribution is -2.61. The van der Waals surface area contributed by atoms with Crippen molar-refractivity contribution in [3.05, 3.63) is 63.6 Å². The number of amides is 1. The summed E-state index contributed by atoms with van der Waals surface area (Å²) in [6.45, 7) is 3.19. The number of hydrogen-bond acceptors (Lipinski definition) is 5. The Morgan fingerprint density at radius 2 is 1.97 bits per heavy atom. The lowest BCUT2D eigenvalue weighted by atomic mass is 9.57. The number of hydrogen-bond donors (Lipinski definition) is 1. The van der Waals surface area contributed by atoms with E-state index >= 15 is 0 Å². The van der Waals surface area contributed by atoms with Gasteiger partial charge in [0.1, 0.15) is 11.9 Å². The first kappa shape index (κ1) is 25.8. The van der Waals surface area contributed by atoms with E-state index in [9.17, 15) is 9.59 Å². The molecular weight excluding hydrogens is 487 g/mol. The summed E-state index contributed by atoms with van der Waals surface area (Å²) in [6, 6.07) is 13.2. The molecule has 1 unspecified atom stereocenters. The molecule has 1 aliphatic heterocycles. The molecule has 2 fully saturated rings. The van der Waals surface area contributed by atoms with E-state index < -0.39 is 0 Å². The van der Waals surface area contributed by atoms with Crippen LogP contribution in [0.3, 0.4) is 0 Å². The Labute approximate surface area is 216 Å². The maximum atomic E-state index is 13.0. The van der Waals surface area contributed by atoms with Gasteiger partial charge >= 0.3 is 5.97 Å². The average Bonchev–Trinajstić information content (AvgIpc) is 2.81. The second kappa shape index (κ2) is 10.8. The highest BCUT2D eigenvalue weighted by molar-refractivity contribution is 6.42. The van der Waals surface area contributed by atoms with Crippen molar-refractivity contribution in [1.29, 1.82) is 0 Å². The zero-order valence-electron chi connectivity index (χ0n) is 20.4. The van der Waals surface area contributed by atoms with Crippen molar-refractivity contribution in [3.8, 4) is 5.75 Å². The highest BCUT2D eigenvalue weighted by Gasteiger charge is 2.53. The Morgan fingerprint density at radius 3 is 2.69 bits per heavy atom. The van der Waals surface area contributed by atoms with Crippen LogP contribution in [0.2, 0.25) is 10.0 Å². The van der Waals surface area contributed by atoms with E-state index in [0.29, 0.717) is 16.5 Å². The van der Waals surface area contributed by atoms with Crippen LogP contribution in [0.1, 0.15) is 37.3 Å². The maximum absolute atomic E-state index is 13.0. The number of carbonyl (C=O) groups is 2. The number of esters is 1. The number of ether oxygens (including phenoxy) is 2. The number of likely N-dealkylation sites (tertiary alicyclic amines) is 1. The first-order valence-corrected chi connectivity index (χ1v) is 12.7. The summed E-state index contributed by atoms with van der Waals surface area (Å²) < 4.78 is 11.4. The van der Waals surface area contributed by atoms with E-state index in [4.69, 9.17) is 32.7 Å². The summed E-state index contributed by atoms with van der Waals surface area (Å²) in [5.74, 6) is 0.512. The zero-order chi connectivity index (χ0) is 25.2. The summed E-state index contributed by atoms with van der Waals surface area (Å²) >= 11 is 12.1. The molecule has 1 aliphatic carbocycles. The van der Waals surface area contributed by atoms with Crippen molar-refractivity contribution < 1.29 is 19.1 Å². The number of nitrogens with one attached hydrogen (secondary N) is 1. The SMILES string of the molecule is COc1cccc([C@@]23CCN(C)C[C@H]2C(OC(C)=O)C[C@H](NC(=O)Cc2ccc(Cl)c(Cl)c2)C3)c1. The fraction of sp³-hybridized carbons (Fsp3) is 0.481. The molecular formula is C27H32Cl2N2O4. The van der Waals surface area contributed by atoms with Gasteiger partial charge in [-0.2, -0.15) is 0 Å². The van der Waals surface area contributed by atoms with Crippen LogP contribution >= 0.6 is 23.2 Å². The number of piperidine rings is 1. The average molecular weight is 519 g/mol. The molecule has 4 atom stereocenters. The Kier molecular flexibility index (Phi) is 7.94. The molecule has 1 N–H and O–H groups in total. The Bertz CT molecular complexity index is 1090. The highest BCUT2D eigenvalue weighted by atomic mass is 35.5. The first-order chi connectivity index (χ1) is 16.7. The molecule has 2 aromatic carbocycles. The van der Waals surface area contributed by atoms with Crippen molar-refractivity contribution in [3.63, 3.8) is 0 Å². The molecule has 6 nitrogen and oxygen atoms in total. The van der Waals surface area contributed by atoms with Gasteiger partial charge in [0.2, 0.25) is 5.91 Å². The normalized spacial score (nSPS) is 26.5. The third-order valence-corrected chi connectivity index (χ3v) is 8.15. The molecule has 0 aromatic heterocycles. The predicted molar refractivity (Wildman–Crippen MR) is 137 cm³/mol. The van der Waals surface area contributed by atoms with Crippen LogP contribution in [0.25, 0.3) is 0 Å². The summed E-state index contributed by atoms with van der Waals surface area (Å²) in [7, 11) is 3.77. The summed E-state index contributed by atoms with van der Waals surface area (Å²) in [5.41, 5.74) is 1.71. The fourth-order valence-electron chi connectivity index (χ4n) is 5.85. The molecule has 35 heavy (non-hydrogen) atoms. The van der Waals surface area contributed by atoms with Gasteiger partial charge in [-0.1, -0.05) is 41.4 Å². The van der Waals surface area contributed by atoms with Crippen LogP contribution in [-0.4, -0.2) is 56.2 Å². The molecule has 0 spiro atoms. The topological polar surface area (TPSA) is 67.9 Å². The lowest BCUT2D eigenvalue weighted by molar-refractivity contribution is -0.157. The number of fused-ring (bicyclic) bond motifs is 1. The third kappa shape index (κ3) is 5.76. The lowest BCUT2D eigenvalue weighted by Gasteiger charge is -2.55. The van der Waals surface area contributed by atoms with Crippen molar-refractivity contribution in [1.82, 2.24) is 10.2 Å². The van der Waals surface area contributed by atoms with Gasteiger partial charge < -0.3 is 19.7 Å². The van der Waals surface area contributed by atoms with Crippen LogP contribution in [-0.2, 0) is 26.2 Å². The van der Waals surface area contributed by atoms with E-state index in [1.165, 1.54) is 6.92 Å². The van der Waals surface area contributed by atoms with Crippen LogP contribution < -0.4 is 10.1 Å². The number of halogens is 2. The van der Waals surface area contributed by atoms with Crippen LogP contribution in [0.5, 0.6) is 5.75 Å². The molecule has 1 heterocycles. The minimum atomic E-state index is -0.300. The van der Waals surface area contributed by atoms with Crippen molar-refractivity contribution in [2.24, 2.45) is 5.92 Å². The minimum Gasteiger partial charge on any atom is -0.497 e. The first-order valence-electron chi connectivity index (χ1n) is 11.9. The van der Waals surface area contributed by atoms with Crippen LogP contribution in [0.4, 0.5) is 0 Å². The molecule has 1 saturated carbocycles. The van der Waals surface area contributed by atoms with Crippen LogP contribution in [0.15, 0.2) is 42.5 Å². The van der Waals surface area contributed by atoms with E-state index in [2.05, 4.69) is 29.4 Å². The summed E-state index contributed by atoms with van der Waals surface area (Å²) in [4.78, 5) is 27.4. The molecule has 1 saturated heterocycles. The molecule has 2 aromatic rings. The standard InChI is InChI=1S/C27H32Cl2N2O4/c1-17(32)35-25-14-20(30-26(33)12-18-7-8-23(28)24(29)11-18)15-27(9-10-31(2)16-22(25)27)19-5-4-6-21(13-19)34-3/h4-8,11,13,20,22,25H,9-10,12,14-16H2,1-3H3,(H,30,33)/t20-,22-,25?,27-/m0/s1. The number of nitrogens with zero attached hydrogens (tertiary/aromatic N) is 1. The monoisotopic (exact) mass is 518 g/mol. The highest BCUT2D eigenvalue weighted by Crippen LogP contribution is 2.50. The zero-order valence-corrected chi connectivity index (χ0v) is 21.9. The maximum Gasteiger partial charge on any atom is 0.302 e. The van der Waals surface area contributed by atoms with E-state index in [1.54, 1.807) is 25.3 Å². The number of methoxy groups -OCH3 is 1.